The zero-order chi connectivity index (χ0) is 14.4. The number of fused-ring (bicyclic) bond motifs is 1. The van der Waals surface area contributed by atoms with Crippen molar-refractivity contribution in [3.05, 3.63) is 72.2 Å². The van der Waals surface area contributed by atoms with Crippen molar-refractivity contribution in [3.63, 3.8) is 0 Å². The molecule has 0 aliphatic heterocycles. The molecule has 0 radical (unpaired) electrons. The van der Waals surface area contributed by atoms with Crippen LogP contribution >= 0.6 is 18.6 Å². The SMILES string of the molecule is [CH2-]CCC1(C2=Cc3ccccc3C2)C=CC=C1.[Cl][Ti][Cl]. The van der Waals surface area contributed by atoms with Crippen molar-refractivity contribution in [1.29, 1.82) is 0 Å². The molecule has 0 bridgehead atoms. The maximum atomic E-state index is 4.89. The second kappa shape index (κ2) is 7.66. The molecule has 0 heterocycles. The second-order valence-corrected chi connectivity index (χ2v) is 7.56. The van der Waals surface area contributed by atoms with Gasteiger partial charge in [0, 0.05) is 5.41 Å². The van der Waals surface area contributed by atoms with Gasteiger partial charge in [-0.1, -0.05) is 66.6 Å². The number of rotatable bonds is 3. The van der Waals surface area contributed by atoms with E-state index in [1.54, 1.807) is 0 Å². The van der Waals surface area contributed by atoms with Gasteiger partial charge in [-0.05, 0) is 17.5 Å². The summed E-state index contributed by atoms with van der Waals surface area (Å²) in [7, 11) is 9.78. The van der Waals surface area contributed by atoms with Gasteiger partial charge in [0.15, 0.2) is 0 Å². The Hall–Kier alpha value is -0.266. The summed E-state index contributed by atoms with van der Waals surface area (Å²) in [6.45, 7) is 4.02. The number of halogens is 2. The Bertz CT molecular complexity index is 532. The molecule has 3 rings (SSSR count). The molecular weight excluding hydrogens is 323 g/mol. The Labute approximate surface area is 138 Å². The topological polar surface area (TPSA) is 0 Å². The summed E-state index contributed by atoms with van der Waals surface area (Å²) in [4.78, 5) is 0. The fourth-order valence-electron chi connectivity index (χ4n) is 2.92. The zero-order valence-electron chi connectivity index (χ0n) is 11.3. The van der Waals surface area contributed by atoms with E-state index in [0.717, 1.165) is 19.3 Å². The van der Waals surface area contributed by atoms with Gasteiger partial charge in [0.2, 0.25) is 0 Å². The molecule has 0 N–H and O–H groups in total. The third-order valence-electron chi connectivity index (χ3n) is 3.85. The molecule has 2 aliphatic carbocycles. The average molecular weight is 340 g/mol. The van der Waals surface area contributed by atoms with Crippen LogP contribution in [0.5, 0.6) is 0 Å². The van der Waals surface area contributed by atoms with Crippen molar-refractivity contribution < 1.29 is 17.0 Å². The second-order valence-electron chi connectivity index (χ2n) is 4.98. The van der Waals surface area contributed by atoms with Crippen molar-refractivity contribution in [2.45, 2.75) is 19.3 Å². The fourth-order valence-corrected chi connectivity index (χ4v) is 2.92. The molecule has 0 saturated heterocycles. The van der Waals surface area contributed by atoms with Crippen molar-refractivity contribution in [2.24, 2.45) is 5.41 Å². The molecule has 0 fully saturated rings. The molecule has 0 aromatic heterocycles. The zero-order valence-corrected chi connectivity index (χ0v) is 14.4. The monoisotopic (exact) mass is 339 g/mol. The Kier molecular flexibility index (Phi) is 6.17. The first kappa shape index (κ1) is 16.1. The maximum absolute atomic E-state index is 4.89. The van der Waals surface area contributed by atoms with Crippen molar-refractivity contribution >= 4 is 24.7 Å². The van der Waals surface area contributed by atoms with E-state index in [1.807, 2.05) is 0 Å². The number of allylic oxidation sites excluding steroid dienone is 5. The summed E-state index contributed by atoms with van der Waals surface area (Å²) >= 11 is -0.556. The molecule has 0 atom stereocenters. The molecule has 0 nitrogen and oxygen atoms in total. The average Bonchev–Trinajstić information content (AvgIpc) is 3.06. The summed E-state index contributed by atoms with van der Waals surface area (Å²) in [5.41, 5.74) is 4.51. The number of hydrogen-bond acceptors (Lipinski definition) is 0. The first-order chi connectivity index (χ1) is 9.75. The van der Waals surface area contributed by atoms with Crippen LogP contribution < -0.4 is 0 Å². The van der Waals surface area contributed by atoms with E-state index >= 15 is 0 Å². The predicted molar refractivity (Wildman–Crippen MR) is 85.1 cm³/mol. The summed E-state index contributed by atoms with van der Waals surface area (Å²) in [5, 5.41) is 0. The molecule has 0 unspecified atom stereocenters. The van der Waals surface area contributed by atoms with Gasteiger partial charge < -0.3 is 6.92 Å². The van der Waals surface area contributed by atoms with E-state index < -0.39 is 17.0 Å². The van der Waals surface area contributed by atoms with Crippen LogP contribution in [0, 0.1) is 12.3 Å². The van der Waals surface area contributed by atoms with Crippen LogP contribution in [0.15, 0.2) is 54.1 Å². The van der Waals surface area contributed by atoms with Gasteiger partial charge in [-0.25, -0.2) is 0 Å². The molecule has 0 amide bonds. The van der Waals surface area contributed by atoms with Crippen LogP contribution in [-0.2, 0) is 23.5 Å². The molecule has 0 saturated carbocycles. The molecule has 2 aliphatic rings. The van der Waals surface area contributed by atoms with Crippen molar-refractivity contribution in [1.82, 2.24) is 0 Å². The van der Waals surface area contributed by atoms with Crippen LogP contribution in [0.1, 0.15) is 24.0 Å². The van der Waals surface area contributed by atoms with Gasteiger partial charge in [0.05, 0.1) is 0 Å². The van der Waals surface area contributed by atoms with Crippen molar-refractivity contribution in [3.8, 4) is 0 Å². The number of benzene rings is 1. The van der Waals surface area contributed by atoms with Gasteiger partial charge in [-0.2, -0.15) is 6.42 Å². The first-order valence-electron chi connectivity index (χ1n) is 6.67. The normalized spacial score (nSPS) is 17.2. The molecular formula is C17H17Cl2Ti-. The minimum absolute atomic E-state index is 0.140. The Balaban J connectivity index is 0.000000452. The van der Waals surface area contributed by atoms with E-state index in [2.05, 4.69) is 61.6 Å². The third kappa shape index (κ3) is 3.49. The van der Waals surface area contributed by atoms with Crippen LogP contribution in [0.25, 0.3) is 6.08 Å². The minimum atomic E-state index is -0.556. The summed E-state index contributed by atoms with van der Waals surface area (Å²) in [5.74, 6) is 0. The van der Waals surface area contributed by atoms with E-state index in [0.29, 0.717) is 0 Å². The number of hydrogen-bond donors (Lipinski definition) is 0. The van der Waals surface area contributed by atoms with Crippen LogP contribution in [0.3, 0.4) is 0 Å². The van der Waals surface area contributed by atoms with Gasteiger partial charge in [-0.15, -0.1) is 0 Å². The summed E-state index contributed by atoms with van der Waals surface area (Å²) < 4.78 is 0. The van der Waals surface area contributed by atoms with Gasteiger partial charge >= 0.3 is 35.6 Å². The fraction of sp³-hybridized carbons (Fsp3) is 0.235. The molecule has 104 valence electrons. The Morgan fingerprint density at radius 3 is 2.40 bits per heavy atom. The van der Waals surface area contributed by atoms with E-state index in [-0.39, 0.29) is 5.41 Å². The summed E-state index contributed by atoms with van der Waals surface area (Å²) in [6.07, 6.45) is 14.5. The van der Waals surface area contributed by atoms with Gasteiger partial charge in [0.25, 0.3) is 0 Å². The quantitative estimate of drug-likeness (QED) is 0.487. The van der Waals surface area contributed by atoms with Crippen LogP contribution in [-0.4, -0.2) is 0 Å². The first-order valence-corrected chi connectivity index (χ1v) is 11.0. The summed E-state index contributed by atoms with van der Waals surface area (Å²) in [6, 6.07) is 8.69. The third-order valence-corrected chi connectivity index (χ3v) is 3.85. The Morgan fingerprint density at radius 1 is 1.15 bits per heavy atom. The van der Waals surface area contributed by atoms with E-state index in [9.17, 15) is 0 Å². The molecule has 20 heavy (non-hydrogen) atoms. The standard InChI is InChI=1S/C17H17.2ClH.Ti/c1-2-9-17(10-5-6-11-17)16-12-14-7-3-4-8-15(14)13-16;;;/h3-8,10-12H,1-2,9,13H2;2*1H;/q-1;;;+2/p-2. The Morgan fingerprint density at radius 2 is 1.80 bits per heavy atom. The molecule has 0 spiro atoms. The van der Waals surface area contributed by atoms with Gasteiger partial charge in [-0.3, -0.25) is 0 Å². The predicted octanol–water partition coefficient (Wildman–Crippen LogP) is 5.73. The molecule has 1 aromatic rings. The van der Waals surface area contributed by atoms with Crippen LogP contribution in [0.4, 0.5) is 0 Å². The molecule has 1 aromatic carbocycles. The van der Waals surface area contributed by atoms with Crippen LogP contribution in [0.2, 0.25) is 0 Å². The van der Waals surface area contributed by atoms with Crippen molar-refractivity contribution in [2.75, 3.05) is 0 Å². The van der Waals surface area contributed by atoms with E-state index in [1.165, 1.54) is 16.7 Å². The van der Waals surface area contributed by atoms with E-state index in [4.69, 9.17) is 18.6 Å². The molecule has 3 heteroatoms. The van der Waals surface area contributed by atoms with Gasteiger partial charge in [0.1, 0.15) is 0 Å².